The number of benzene rings is 1. The molecule has 0 aliphatic carbocycles. The summed E-state index contributed by atoms with van der Waals surface area (Å²) in [6.07, 6.45) is 5.86. The quantitative estimate of drug-likeness (QED) is 0.843. The lowest BCUT2D eigenvalue weighted by atomic mass is 9.72. The molecule has 1 spiro atoms. The van der Waals surface area contributed by atoms with Crippen LogP contribution < -0.4 is 5.32 Å². The Morgan fingerprint density at radius 1 is 1.17 bits per heavy atom. The third kappa shape index (κ3) is 4.74. The predicted molar refractivity (Wildman–Crippen MR) is 113 cm³/mol. The van der Waals surface area contributed by atoms with Gasteiger partial charge >= 0.3 is 6.03 Å². The molecule has 1 aromatic carbocycles. The summed E-state index contributed by atoms with van der Waals surface area (Å²) in [5.74, 6) is 0.265. The molecule has 3 aliphatic rings. The molecule has 6 nitrogen and oxygen atoms in total. The van der Waals surface area contributed by atoms with Gasteiger partial charge in [-0.25, -0.2) is 4.79 Å². The van der Waals surface area contributed by atoms with Crippen molar-refractivity contribution in [3.05, 3.63) is 29.3 Å². The van der Waals surface area contributed by atoms with E-state index >= 15 is 0 Å². The summed E-state index contributed by atoms with van der Waals surface area (Å²) in [7, 11) is 0. The van der Waals surface area contributed by atoms with Crippen LogP contribution in [0.15, 0.2) is 18.2 Å². The van der Waals surface area contributed by atoms with Crippen molar-refractivity contribution in [3.8, 4) is 0 Å². The second kappa shape index (κ2) is 8.34. The van der Waals surface area contributed by atoms with Crippen molar-refractivity contribution >= 4 is 17.6 Å². The number of nitrogens with one attached hydrogen (secondary N) is 1. The number of likely N-dealkylation sites (tertiary alicyclic amines) is 2. The van der Waals surface area contributed by atoms with Crippen LogP contribution >= 0.6 is 0 Å². The fraction of sp³-hybridized carbons (Fsp3) is 0.652. The van der Waals surface area contributed by atoms with Crippen LogP contribution in [-0.2, 0) is 9.53 Å². The van der Waals surface area contributed by atoms with Crippen molar-refractivity contribution in [1.82, 2.24) is 9.80 Å². The van der Waals surface area contributed by atoms with Crippen molar-refractivity contribution in [2.24, 2.45) is 5.41 Å². The lowest BCUT2D eigenvalue weighted by molar-refractivity contribution is -0.140. The molecule has 0 saturated carbocycles. The maximum atomic E-state index is 12.7. The Bertz CT molecular complexity index is 744. The van der Waals surface area contributed by atoms with Crippen LogP contribution in [0.4, 0.5) is 10.5 Å². The van der Waals surface area contributed by atoms with Crippen LogP contribution in [0.5, 0.6) is 0 Å². The summed E-state index contributed by atoms with van der Waals surface area (Å²) in [5.41, 5.74) is 3.31. The van der Waals surface area contributed by atoms with Crippen LogP contribution in [0, 0.1) is 19.3 Å². The van der Waals surface area contributed by atoms with Crippen LogP contribution in [0.1, 0.15) is 49.7 Å². The normalized spacial score (nSPS) is 24.2. The summed E-state index contributed by atoms with van der Waals surface area (Å²) < 4.78 is 5.75. The van der Waals surface area contributed by atoms with Gasteiger partial charge in [-0.3, -0.25) is 4.79 Å². The molecule has 3 amide bonds. The number of hydrogen-bond donors (Lipinski definition) is 1. The van der Waals surface area contributed by atoms with E-state index in [-0.39, 0.29) is 23.5 Å². The lowest BCUT2D eigenvalue weighted by Crippen LogP contribution is -2.54. The zero-order valence-electron chi connectivity index (χ0n) is 17.7. The fourth-order valence-corrected chi connectivity index (χ4v) is 5.14. The number of amides is 3. The maximum Gasteiger partial charge on any atom is 0.321 e. The van der Waals surface area contributed by atoms with Crippen molar-refractivity contribution in [2.45, 2.75) is 58.5 Å². The van der Waals surface area contributed by atoms with Crippen LogP contribution in [0.3, 0.4) is 0 Å². The number of rotatable bonds is 3. The molecule has 3 saturated heterocycles. The van der Waals surface area contributed by atoms with E-state index in [0.29, 0.717) is 6.42 Å². The Morgan fingerprint density at radius 2 is 1.90 bits per heavy atom. The van der Waals surface area contributed by atoms with E-state index in [1.165, 1.54) is 0 Å². The van der Waals surface area contributed by atoms with Gasteiger partial charge in [-0.05, 0) is 74.6 Å². The average Bonchev–Trinajstić information content (AvgIpc) is 3.18. The van der Waals surface area contributed by atoms with Gasteiger partial charge in [0.15, 0.2) is 0 Å². The highest BCUT2D eigenvalue weighted by atomic mass is 16.5. The number of carbonyl (C=O) groups is 2. The van der Waals surface area contributed by atoms with Crippen molar-refractivity contribution < 1.29 is 14.3 Å². The maximum absolute atomic E-state index is 12.7. The van der Waals surface area contributed by atoms with Gasteiger partial charge in [0.1, 0.15) is 0 Å². The van der Waals surface area contributed by atoms with E-state index in [1.807, 2.05) is 35.8 Å². The van der Waals surface area contributed by atoms with Gasteiger partial charge in [0.25, 0.3) is 0 Å². The lowest BCUT2D eigenvalue weighted by Gasteiger charge is -2.47. The SMILES string of the molecule is Cc1cc(C)cc(NC(=O)N2CCC3(CCC(=O)N(CC4CCCO4)C3)CC2)c1. The molecule has 158 valence electrons. The Balaban J connectivity index is 1.33. The highest BCUT2D eigenvalue weighted by Gasteiger charge is 2.42. The molecule has 3 aliphatic heterocycles. The molecule has 0 aromatic heterocycles. The van der Waals surface area contributed by atoms with E-state index in [0.717, 1.165) is 81.7 Å². The number of nitrogens with zero attached hydrogens (tertiary/aromatic N) is 2. The number of aryl methyl sites for hydroxylation is 2. The third-order valence-electron chi connectivity index (χ3n) is 6.78. The second-order valence-electron chi connectivity index (χ2n) is 9.20. The molecule has 1 atom stereocenters. The number of ether oxygens (including phenoxy) is 1. The number of piperidine rings is 2. The van der Waals surface area contributed by atoms with Crippen LogP contribution in [-0.4, -0.2) is 60.6 Å². The molecular formula is C23H33N3O3. The highest BCUT2D eigenvalue weighted by molar-refractivity contribution is 5.89. The Labute approximate surface area is 173 Å². The minimum atomic E-state index is -0.0204. The standard InChI is InChI=1S/C23H33N3O3/c1-17-12-18(2)14-19(13-17)24-22(28)25-9-7-23(8-10-25)6-5-21(27)26(16-23)15-20-4-3-11-29-20/h12-14,20H,3-11,15-16H2,1-2H3,(H,24,28). The molecule has 3 fully saturated rings. The van der Waals surface area contributed by atoms with Crippen molar-refractivity contribution in [2.75, 3.05) is 38.1 Å². The number of carbonyl (C=O) groups excluding carboxylic acids is 2. The molecule has 1 unspecified atom stereocenters. The van der Waals surface area contributed by atoms with Gasteiger partial charge in [0.2, 0.25) is 5.91 Å². The first-order valence-corrected chi connectivity index (χ1v) is 11.0. The first-order valence-electron chi connectivity index (χ1n) is 11.0. The number of hydrogen-bond acceptors (Lipinski definition) is 3. The average molecular weight is 400 g/mol. The number of anilines is 1. The molecule has 6 heteroatoms. The Hall–Kier alpha value is -2.08. The molecule has 1 aromatic rings. The molecule has 1 N–H and O–H groups in total. The molecule has 0 bridgehead atoms. The highest BCUT2D eigenvalue weighted by Crippen LogP contribution is 2.40. The Kier molecular flexibility index (Phi) is 5.81. The summed E-state index contributed by atoms with van der Waals surface area (Å²) in [6, 6.07) is 6.10. The smallest absolute Gasteiger partial charge is 0.321 e. The van der Waals surface area contributed by atoms with Crippen molar-refractivity contribution in [3.63, 3.8) is 0 Å². The van der Waals surface area contributed by atoms with Gasteiger partial charge in [-0.15, -0.1) is 0 Å². The second-order valence-corrected chi connectivity index (χ2v) is 9.20. The third-order valence-corrected chi connectivity index (χ3v) is 6.78. The first kappa shape index (κ1) is 20.2. The monoisotopic (exact) mass is 399 g/mol. The van der Waals surface area contributed by atoms with E-state index < -0.39 is 0 Å². The minimum Gasteiger partial charge on any atom is -0.376 e. The van der Waals surface area contributed by atoms with E-state index in [1.54, 1.807) is 0 Å². The summed E-state index contributed by atoms with van der Waals surface area (Å²) in [6.45, 7) is 7.95. The van der Waals surface area contributed by atoms with Gasteiger partial charge in [-0.2, -0.15) is 0 Å². The van der Waals surface area contributed by atoms with Gasteiger partial charge in [0.05, 0.1) is 6.10 Å². The summed E-state index contributed by atoms with van der Waals surface area (Å²) >= 11 is 0. The molecule has 29 heavy (non-hydrogen) atoms. The summed E-state index contributed by atoms with van der Waals surface area (Å²) in [5, 5.41) is 3.05. The van der Waals surface area contributed by atoms with Crippen LogP contribution in [0.25, 0.3) is 0 Å². The summed E-state index contributed by atoms with van der Waals surface area (Å²) in [4.78, 5) is 29.1. The van der Waals surface area contributed by atoms with Crippen LogP contribution in [0.2, 0.25) is 0 Å². The molecule has 0 radical (unpaired) electrons. The zero-order valence-corrected chi connectivity index (χ0v) is 17.7. The van der Waals surface area contributed by atoms with Gasteiger partial charge in [0, 0.05) is 44.9 Å². The Morgan fingerprint density at radius 3 is 2.55 bits per heavy atom. The van der Waals surface area contributed by atoms with Crippen molar-refractivity contribution in [1.29, 1.82) is 0 Å². The topological polar surface area (TPSA) is 61.9 Å². The van der Waals surface area contributed by atoms with E-state index in [9.17, 15) is 9.59 Å². The van der Waals surface area contributed by atoms with E-state index in [2.05, 4.69) is 11.4 Å². The van der Waals surface area contributed by atoms with Gasteiger partial charge in [-0.1, -0.05) is 6.07 Å². The largest absolute Gasteiger partial charge is 0.376 e. The van der Waals surface area contributed by atoms with Gasteiger partial charge < -0.3 is 19.9 Å². The molecule has 3 heterocycles. The zero-order chi connectivity index (χ0) is 20.4. The molecular weight excluding hydrogens is 366 g/mol. The first-order chi connectivity index (χ1) is 13.9. The van der Waals surface area contributed by atoms with E-state index in [4.69, 9.17) is 4.74 Å². The minimum absolute atomic E-state index is 0.0204. The number of urea groups is 1. The fourth-order valence-electron chi connectivity index (χ4n) is 5.14. The predicted octanol–water partition coefficient (Wildman–Crippen LogP) is 3.72. The molecule has 4 rings (SSSR count).